The maximum Gasteiger partial charge on any atom is 0.410 e. The maximum atomic E-state index is 12.4. The van der Waals surface area contributed by atoms with Crippen LogP contribution in [0.4, 0.5) is 4.79 Å². The van der Waals surface area contributed by atoms with Crippen LogP contribution in [0.5, 0.6) is 0 Å². The quantitative estimate of drug-likeness (QED) is 0.471. The van der Waals surface area contributed by atoms with E-state index in [4.69, 9.17) is 4.74 Å². The predicted molar refractivity (Wildman–Crippen MR) is 129 cm³/mol. The predicted octanol–water partition coefficient (Wildman–Crippen LogP) is 5.24. The van der Waals surface area contributed by atoms with E-state index in [0.29, 0.717) is 31.1 Å². The molecule has 1 aromatic carbocycles. The Hall–Kier alpha value is -2.63. The number of ketones is 1. The van der Waals surface area contributed by atoms with Gasteiger partial charge in [0.25, 0.3) is 0 Å². The molecule has 0 bridgehead atoms. The lowest BCUT2D eigenvalue weighted by molar-refractivity contribution is -0.116. The van der Waals surface area contributed by atoms with E-state index in [9.17, 15) is 14.4 Å². The van der Waals surface area contributed by atoms with Gasteiger partial charge in [0, 0.05) is 31.3 Å². The van der Waals surface area contributed by atoms with Crippen molar-refractivity contribution in [3.8, 4) is 0 Å². The number of likely N-dealkylation sites (tertiary alicyclic amines) is 1. The van der Waals surface area contributed by atoms with Crippen molar-refractivity contribution in [1.82, 2.24) is 10.2 Å². The molecule has 0 radical (unpaired) electrons. The summed E-state index contributed by atoms with van der Waals surface area (Å²) in [5.74, 6) is 0.313. The number of nitrogens with one attached hydrogen (secondary N) is 1. The second-order valence-electron chi connectivity index (χ2n) is 10.3. The fourth-order valence-corrected chi connectivity index (χ4v) is 4.63. The Labute approximate surface area is 197 Å². The minimum absolute atomic E-state index is 0.172. The standard InChI is InChI=1S/C27H38N2O4/c1-27(2,3)33-26(32)29-17-7-8-20(19-29)18-28-25(31)16-15-24(30)23-13-11-22(12-14-23)21-9-5-4-6-10-21/h11-16,20-21H,4-10,17-19H2,1-3H3,(H,28,31)/b16-15+. The fourth-order valence-electron chi connectivity index (χ4n) is 4.63. The largest absolute Gasteiger partial charge is 0.444 e. The van der Waals surface area contributed by atoms with Crippen LogP contribution in [-0.2, 0) is 9.53 Å². The van der Waals surface area contributed by atoms with E-state index < -0.39 is 5.60 Å². The molecule has 1 aliphatic heterocycles. The van der Waals surface area contributed by atoms with E-state index in [1.165, 1.54) is 49.8 Å². The van der Waals surface area contributed by atoms with Crippen LogP contribution in [0.2, 0.25) is 0 Å². The molecule has 180 valence electrons. The van der Waals surface area contributed by atoms with Crippen LogP contribution in [0.25, 0.3) is 0 Å². The number of ether oxygens (including phenoxy) is 1. The monoisotopic (exact) mass is 454 g/mol. The van der Waals surface area contributed by atoms with Gasteiger partial charge in [-0.15, -0.1) is 0 Å². The third-order valence-electron chi connectivity index (χ3n) is 6.39. The van der Waals surface area contributed by atoms with E-state index in [1.54, 1.807) is 4.90 Å². The topological polar surface area (TPSA) is 75.7 Å². The van der Waals surface area contributed by atoms with Crippen LogP contribution < -0.4 is 5.32 Å². The van der Waals surface area contributed by atoms with Gasteiger partial charge in [0.1, 0.15) is 5.60 Å². The van der Waals surface area contributed by atoms with Crippen molar-refractivity contribution >= 4 is 17.8 Å². The molecule has 33 heavy (non-hydrogen) atoms. The van der Waals surface area contributed by atoms with Crippen LogP contribution in [-0.4, -0.2) is 47.9 Å². The van der Waals surface area contributed by atoms with Crippen molar-refractivity contribution < 1.29 is 19.1 Å². The van der Waals surface area contributed by atoms with Crippen molar-refractivity contribution in [3.05, 3.63) is 47.5 Å². The molecule has 1 N–H and O–H groups in total. The van der Waals surface area contributed by atoms with Gasteiger partial charge in [0.05, 0.1) is 0 Å². The van der Waals surface area contributed by atoms with E-state index in [0.717, 1.165) is 12.8 Å². The van der Waals surface area contributed by atoms with Gasteiger partial charge in [0.15, 0.2) is 5.78 Å². The summed E-state index contributed by atoms with van der Waals surface area (Å²) in [6.07, 6.45) is 10.5. The highest BCUT2D eigenvalue weighted by atomic mass is 16.6. The molecule has 3 rings (SSSR count). The fraction of sp³-hybridized carbons (Fsp3) is 0.593. The maximum absolute atomic E-state index is 12.4. The molecule has 6 heteroatoms. The lowest BCUT2D eigenvalue weighted by atomic mass is 9.84. The number of rotatable bonds is 6. The first-order valence-electron chi connectivity index (χ1n) is 12.3. The van der Waals surface area contributed by atoms with Gasteiger partial charge in [-0.3, -0.25) is 9.59 Å². The summed E-state index contributed by atoms with van der Waals surface area (Å²) in [7, 11) is 0. The zero-order valence-corrected chi connectivity index (χ0v) is 20.3. The highest BCUT2D eigenvalue weighted by Crippen LogP contribution is 2.32. The van der Waals surface area contributed by atoms with Gasteiger partial charge in [-0.25, -0.2) is 4.79 Å². The van der Waals surface area contributed by atoms with Crippen LogP contribution in [0.15, 0.2) is 36.4 Å². The third kappa shape index (κ3) is 8.02. The number of piperidine rings is 1. The van der Waals surface area contributed by atoms with E-state index >= 15 is 0 Å². The average Bonchev–Trinajstić information content (AvgIpc) is 2.81. The Morgan fingerprint density at radius 3 is 2.36 bits per heavy atom. The van der Waals surface area contributed by atoms with E-state index in [-0.39, 0.29) is 23.7 Å². The number of amides is 2. The Bertz CT molecular complexity index is 848. The molecule has 2 aliphatic rings. The average molecular weight is 455 g/mol. The van der Waals surface area contributed by atoms with Crippen molar-refractivity contribution in [1.29, 1.82) is 0 Å². The summed E-state index contributed by atoms with van der Waals surface area (Å²) in [6.45, 7) is 7.26. The molecular formula is C27H38N2O4. The first-order valence-corrected chi connectivity index (χ1v) is 12.3. The minimum atomic E-state index is -0.522. The lowest BCUT2D eigenvalue weighted by Crippen LogP contribution is -2.45. The molecule has 0 aromatic heterocycles. The molecule has 2 fully saturated rings. The van der Waals surface area contributed by atoms with Crippen LogP contribution in [0, 0.1) is 5.92 Å². The number of carbonyl (C=O) groups is 3. The highest BCUT2D eigenvalue weighted by Gasteiger charge is 2.27. The van der Waals surface area contributed by atoms with Gasteiger partial charge in [0.2, 0.25) is 5.91 Å². The van der Waals surface area contributed by atoms with Gasteiger partial charge >= 0.3 is 6.09 Å². The molecule has 1 unspecified atom stereocenters. The lowest BCUT2D eigenvalue weighted by Gasteiger charge is -2.34. The summed E-state index contributed by atoms with van der Waals surface area (Å²) in [4.78, 5) is 38.7. The summed E-state index contributed by atoms with van der Waals surface area (Å²) < 4.78 is 5.45. The van der Waals surface area contributed by atoms with E-state index in [2.05, 4.69) is 17.4 Å². The van der Waals surface area contributed by atoms with Crippen molar-refractivity contribution in [2.75, 3.05) is 19.6 Å². The summed E-state index contributed by atoms with van der Waals surface area (Å²) in [5, 5.41) is 2.86. The Morgan fingerprint density at radius 2 is 1.70 bits per heavy atom. The number of carbonyl (C=O) groups excluding carboxylic acids is 3. The van der Waals surface area contributed by atoms with Gasteiger partial charge < -0.3 is 15.0 Å². The number of benzene rings is 1. The summed E-state index contributed by atoms with van der Waals surface area (Å²) in [5.41, 5.74) is 1.38. The van der Waals surface area contributed by atoms with Gasteiger partial charge in [-0.05, 0) is 69.9 Å². The molecular weight excluding hydrogens is 416 g/mol. The molecule has 1 atom stereocenters. The highest BCUT2D eigenvalue weighted by molar-refractivity contribution is 6.07. The molecule has 0 spiro atoms. The Balaban J connectivity index is 1.43. The van der Waals surface area contributed by atoms with Crippen LogP contribution in [0.1, 0.15) is 87.6 Å². The van der Waals surface area contributed by atoms with E-state index in [1.807, 2.05) is 32.9 Å². The molecule has 6 nitrogen and oxygen atoms in total. The molecule has 1 heterocycles. The zero-order valence-electron chi connectivity index (χ0n) is 20.3. The van der Waals surface area contributed by atoms with Gasteiger partial charge in [-0.2, -0.15) is 0 Å². The first kappa shape index (κ1) is 25.0. The van der Waals surface area contributed by atoms with Crippen LogP contribution in [0.3, 0.4) is 0 Å². The van der Waals surface area contributed by atoms with Gasteiger partial charge in [-0.1, -0.05) is 43.5 Å². The second-order valence-corrected chi connectivity index (χ2v) is 10.3. The molecule has 1 aliphatic carbocycles. The summed E-state index contributed by atoms with van der Waals surface area (Å²) >= 11 is 0. The molecule has 1 saturated carbocycles. The third-order valence-corrected chi connectivity index (χ3v) is 6.39. The number of nitrogens with zero attached hydrogens (tertiary/aromatic N) is 1. The number of allylic oxidation sites excluding steroid dienone is 1. The van der Waals surface area contributed by atoms with Crippen molar-refractivity contribution in [2.24, 2.45) is 5.92 Å². The van der Waals surface area contributed by atoms with Crippen molar-refractivity contribution in [3.63, 3.8) is 0 Å². The smallest absolute Gasteiger partial charge is 0.410 e. The normalized spacial score (nSPS) is 20.0. The Morgan fingerprint density at radius 1 is 1.00 bits per heavy atom. The zero-order chi connectivity index (χ0) is 23.8. The molecule has 1 saturated heterocycles. The van der Waals surface area contributed by atoms with Crippen LogP contribution >= 0.6 is 0 Å². The summed E-state index contributed by atoms with van der Waals surface area (Å²) in [6, 6.07) is 7.83. The number of hydrogen-bond acceptors (Lipinski definition) is 4. The van der Waals surface area contributed by atoms with Crippen molar-refractivity contribution in [2.45, 2.75) is 77.2 Å². The molecule has 1 aromatic rings. The Kier molecular flexibility index (Phi) is 8.70. The molecule has 2 amide bonds. The second kappa shape index (κ2) is 11.5. The SMILES string of the molecule is CC(C)(C)OC(=O)N1CCCC(CNC(=O)/C=C/C(=O)c2ccc(C3CCCCC3)cc2)C1. The minimum Gasteiger partial charge on any atom is -0.444 e. The first-order chi connectivity index (χ1) is 15.7. The number of hydrogen-bond donors (Lipinski definition) is 1.